The highest BCUT2D eigenvalue weighted by Gasteiger charge is 2.58. The van der Waals surface area contributed by atoms with Crippen LogP contribution in [0.25, 0.3) is 10.9 Å². The zero-order valence-electron chi connectivity index (χ0n) is 15.5. The van der Waals surface area contributed by atoms with Gasteiger partial charge in [0, 0.05) is 39.6 Å². The van der Waals surface area contributed by atoms with Crippen molar-refractivity contribution in [1.82, 2.24) is 9.88 Å². The molecule has 3 heterocycles. The monoisotopic (exact) mass is 437 g/mol. The van der Waals surface area contributed by atoms with E-state index in [0.717, 1.165) is 50.7 Å². The number of anilines is 1. The van der Waals surface area contributed by atoms with Crippen LogP contribution in [0.4, 0.5) is 5.69 Å². The van der Waals surface area contributed by atoms with Crippen LogP contribution in [-0.2, 0) is 21.5 Å². The maximum absolute atomic E-state index is 13.5. The minimum Gasteiger partial charge on any atom is -0.355 e. The molecule has 0 fully saturated rings. The number of carbonyl (C=O) groups is 2. The Morgan fingerprint density at radius 1 is 1.25 bits per heavy atom. The van der Waals surface area contributed by atoms with E-state index in [4.69, 9.17) is 0 Å². The van der Waals surface area contributed by atoms with Crippen LogP contribution in [0.15, 0.2) is 46.9 Å². The summed E-state index contributed by atoms with van der Waals surface area (Å²) >= 11 is 3.54. The predicted octanol–water partition coefficient (Wildman–Crippen LogP) is 4.31. The van der Waals surface area contributed by atoms with Gasteiger partial charge in [0.25, 0.3) is 5.91 Å². The Bertz CT molecular complexity index is 1140. The van der Waals surface area contributed by atoms with Gasteiger partial charge in [0.1, 0.15) is 0 Å². The first-order valence-electron chi connectivity index (χ1n) is 9.59. The number of nitrogens with zero attached hydrogens (tertiary/aromatic N) is 1. The van der Waals surface area contributed by atoms with E-state index in [1.165, 1.54) is 0 Å². The van der Waals surface area contributed by atoms with Gasteiger partial charge >= 0.3 is 0 Å². The summed E-state index contributed by atoms with van der Waals surface area (Å²) in [5, 5.41) is 4.14. The molecule has 1 aromatic heterocycles. The molecule has 0 saturated heterocycles. The predicted molar refractivity (Wildman–Crippen MR) is 112 cm³/mol. The molecule has 2 amide bonds. The molecular weight excluding hydrogens is 418 g/mol. The van der Waals surface area contributed by atoms with Crippen molar-refractivity contribution in [2.45, 2.75) is 31.7 Å². The highest BCUT2D eigenvalue weighted by Crippen LogP contribution is 2.50. The van der Waals surface area contributed by atoms with Crippen molar-refractivity contribution >= 4 is 44.3 Å². The van der Waals surface area contributed by atoms with Crippen LogP contribution in [0.5, 0.6) is 0 Å². The zero-order chi connectivity index (χ0) is 19.5. The number of benzene rings is 2. The van der Waals surface area contributed by atoms with Gasteiger partial charge in [-0.25, -0.2) is 0 Å². The molecule has 28 heavy (non-hydrogen) atoms. The van der Waals surface area contributed by atoms with Crippen molar-refractivity contribution in [3.05, 3.63) is 63.8 Å². The van der Waals surface area contributed by atoms with Crippen molar-refractivity contribution < 1.29 is 9.59 Å². The number of hydrogen-bond donors (Lipinski definition) is 2. The molecule has 0 bridgehead atoms. The van der Waals surface area contributed by atoms with E-state index < -0.39 is 5.54 Å². The highest BCUT2D eigenvalue weighted by atomic mass is 79.9. The summed E-state index contributed by atoms with van der Waals surface area (Å²) in [5.41, 5.74) is 3.36. The molecule has 0 saturated carbocycles. The zero-order valence-corrected chi connectivity index (χ0v) is 17.1. The number of halogens is 1. The molecule has 0 aliphatic carbocycles. The van der Waals surface area contributed by atoms with Crippen LogP contribution >= 0.6 is 15.9 Å². The van der Waals surface area contributed by atoms with Crippen molar-refractivity contribution in [3.63, 3.8) is 0 Å². The first-order valence-corrected chi connectivity index (χ1v) is 10.4. The second kappa shape index (κ2) is 6.21. The molecular formula is C22H20BrN3O2. The number of carbonyl (C=O) groups excluding carboxylic acids is 2. The fourth-order valence-corrected chi connectivity index (χ4v) is 5.09. The van der Waals surface area contributed by atoms with Gasteiger partial charge in [-0.1, -0.05) is 41.1 Å². The van der Waals surface area contributed by atoms with E-state index in [0.29, 0.717) is 13.0 Å². The number of para-hydroxylation sites is 1. The topological polar surface area (TPSA) is 65.2 Å². The number of nitrogens with one attached hydrogen (secondary N) is 2. The maximum Gasteiger partial charge on any atom is 0.261 e. The molecule has 2 aliphatic rings. The van der Waals surface area contributed by atoms with Crippen LogP contribution in [0.3, 0.4) is 0 Å². The second-order valence-electron chi connectivity index (χ2n) is 7.42. The third-order valence-electron chi connectivity index (χ3n) is 5.88. The number of amides is 2. The maximum atomic E-state index is 13.5. The number of rotatable bonds is 2. The number of fused-ring (bicyclic) bond motifs is 6. The van der Waals surface area contributed by atoms with E-state index in [1.807, 2.05) is 43.3 Å². The molecule has 5 rings (SSSR count). The van der Waals surface area contributed by atoms with Gasteiger partial charge in [-0.05, 0) is 42.7 Å². The summed E-state index contributed by atoms with van der Waals surface area (Å²) in [4.78, 5) is 32.0. The summed E-state index contributed by atoms with van der Waals surface area (Å²) in [6.07, 6.45) is 1.90. The lowest BCUT2D eigenvalue weighted by molar-refractivity contribution is -0.144. The van der Waals surface area contributed by atoms with Gasteiger partial charge in [-0.2, -0.15) is 0 Å². The van der Waals surface area contributed by atoms with Crippen LogP contribution in [-0.4, -0.2) is 28.2 Å². The summed E-state index contributed by atoms with van der Waals surface area (Å²) in [6.45, 7) is 2.51. The summed E-state index contributed by atoms with van der Waals surface area (Å²) in [7, 11) is 0. The van der Waals surface area contributed by atoms with Crippen LogP contribution in [0.1, 0.15) is 36.6 Å². The smallest absolute Gasteiger partial charge is 0.261 e. The van der Waals surface area contributed by atoms with Crippen LogP contribution in [0.2, 0.25) is 0 Å². The molecule has 1 atom stereocenters. The van der Waals surface area contributed by atoms with E-state index in [2.05, 4.69) is 32.3 Å². The molecule has 1 unspecified atom stereocenters. The minimum atomic E-state index is -1.15. The Kier molecular flexibility index (Phi) is 3.88. The summed E-state index contributed by atoms with van der Waals surface area (Å²) in [6, 6.07) is 13.9. The summed E-state index contributed by atoms with van der Waals surface area (Å²) in [5.74, 6) is -0.160. The van der Waals surface area contributed by atoms with Crippen molar-refractivity contribution in [3.8, 4) is 0 Å². The standard InChI is InChI=1S/C22H20BrN3O2/c1-2-5-19(27)26-11-10-15-14-6-3-4-7-17(14)24-20(15)22(26)16-12-13(23)8-9-18(16)25-21(22)28/h3-4,6-9,12,24H,2,5,10-11H2,1H3,(H,25,28). The largest absolute Gasteiger partial charge is 0.355 e. The Morgan fingerprint density at radius 3 is 2.89 bits per heavy atom. The quantitative estimate of drug-likeness (QED) is 0.626. The van der Waals surface area contributed by atoms with Gasteiger partial charge in [0.2, 0.25) is 5.91 Å². The van der Waals surface area contributed by atoms with Gasteiger partial charge < -0.3 is 15.2 Å². The van der Waals surface area contributed by atoms with E-state index in [9.17, 15) is 9.59 Å². The number of hydrogen-bond acceptors (Lipinski definition) is 2. The lowest BCUT2D eigenvalue weighted by atomic mass is 9.79. The van der Waals surface area contributed by atoms with Gasteiger partial charge in [0.15, 0.2) is 5.54 Å². The molecule has 2 aromatic carbocycles. The minimum absolute atomic E-state index is 0.00906. The average Bonchev–Trinajstić information content (AvgIpc) is 3.19. The average molecular weight is 438 g/mol. The van der Waals surface area contributed by atoms with Gasteiger partial charge in [-0.3, -0.25) is 9.59 Å². The Labute approximate surface area is 171 Å². The molecule has 5 nitrogen and oxygen atoms in total. The molecule has 0 radical (unpaired) electrons. The van der Waals surface area contributed by atoms with E-state index in [1.54, 1.807) is 4.90 Å². The van der Waals surface area contributed by atoms with E-state index >= 15 is 0 Å². The van der Waals surface area contributed by atoms with E-state index in [-0.39, 0.29) is 11.8 Å². The Morgan fingerprint density at radius 2 is 2.07 bits per heavy atom. The fourth-order valence-electron chi connectivity index (χ4n) is 4.73. The van der Waals surface area contributed by atoms with Gasteiger partial charge in [-0.15, -0.1) is 0 Å². The number of aromatic amines is 1. The molecule has 3 aromatic rings. The molecule has 142 valence electrons. The lowest BCUT2D eigenvalue weighted by Gasteiger charge is -2.43. The highest BCUT2D eigenvalue weighted by molar-refractivity contribution is 9.10. The third kappa shape index (κ3) is 2.18. The Hall–Kier alpha value is -2.60. The third-order valence-corrected chi connectivity index (χ3v) is 6.37. The fraction of sp³-hybridized carbons (Fsp3) is 0.273. The van der Waals surface area contributed by atoms with Crippen molar-refractivity contribution in [1.29, 1.82) is 0 Å². The number of H-pyrrole nitrogens is 1. The Balaban J connectivity index is 1.85. The lowest BCUT2D eigenvalue weighted by Crippen LogP contribution is -2.57. The molecule has 1 spiro atoms. The SMILES string of the molecule is CCCC(=O)N1CCc2c([nH]c3ccccc23)C12C(=O)Nc1ccc(Br)cc12. The first-order chi connectivity index (χ1) is 13.6. The van der Waals surface area contributed by atoms with Gasteiger partial charge in [0.05, 0.1) is 5.69 Å². The normalized spacial score (nSPS) is 20.4. The van der Waals surface area contributed by atoms with Crippen molar-refractivity contribution in [2.24, 2.45) is 0 Å². The molecule has 6 heteroatoms. The molecule has 2 N–H and O–H groups in total. The van der Waals surface area contributed by atoms with Crippen LogP contribution < -0.4 is 5.32 Å². The second-order valence-corrected chi connectivity index (χ2v) is 8.34. The van der Waals surface area contributed by atoms with Crippen LogP contribution in [0, 0.1) is 0 Å². The molecule has 2 aliphatic heterocycles. The van der Waals surface area contributed by atoms with Crippen molar-refractivity contribution in [2.75, 3.05) is 11.9 Å². The first kappa shape index (κ1) is 17.5. The number of aromatic nitrogens is 1. The summed E-state index contributed by atoms with van der Waals surface area (Å²) < 4.78 is 0.883.